The lowest BCUT2D eigenvalue weighted by Crippen LogP contribution is -2.44. The minimum Gasteiger partial charge on any atom is -0.441 e. The van der Waals surface area contributed by atoms with Gasteiger partial charge in [-0.3, -0.25) is 4.68 Å². The predicted molar refractivity (Wildman–Crippen MR) is 129 cm³/mol. The van der Waals surface area contributed by atoms with Gasteiger partial charge in [0.1, 0.15) is 0 Å². The van der Waals surface area contributed by atoms with E-state index in [1.807, 2.05) is 25.5 Å². The van der Waals surface area contributed by atoms with Crippen molar-refractivity contribution in [1.82, 2.24) is 14.8 Å². The van der Waals surface area contributed by atoms with Gasteiger partial charge in [0.2, 0.25) is 0 Å². The van der Waals surface area contributed by atoms with E-state index < -0.39 is 8.32 Å². The molecule has 0 unspecified atom stereocenters. The Morgan fingerprint density at radius 3 is 2.55 bits per heavy atom. The highest BCUT2D eigenvalue weighted by atomic mass is 35.5. The van der Waals surface area contributed by atoms with Crippen LogP contribution in [0.5, 0.6) is 0 Å². The Bertz CT molecular complexity index is 1060. The molecule has 0 aliphatic heterocycles. The summed E-state index contributed by atoms with van der Waals surface area (Å²) in [6.07, 6.45) is 10.6. The Kier molecular flexibility index (Phi) is 5.96. The van der Waals surface area contributed by atoms with Crippen molar-refractivity contribution in [2.75, 3.05) is 12.4 Å². The fourth-order valence-corrected chi connectivity index (χ4v) is 5.71. The highest BCUT2D eigenvalue weighted by Gasteiger charge is 2.40. The molecule has 31 heavy (non-hydrogen) atoms. The summed E-state index contributed by atoms with van der Waals surface area (Å²) in [4.78, 5) is 4.49. The predicted octanol–water partition coefficient (Wildman–Crippen LogP) is 6.89. The maximum Gasteiger partial charge on any atom is 0.194 e. The highest BCUT2D eigenvalue weighted by molar-refractivity contribution is 6.74. The van der Waals surface area contributed by atoms with Gasteiger partial charge in [-0.05, 0) is 55.4 Å². The summed E-state index contributed by atoms with van der Waals surface area (Å²) in [7, 11) is 0.101. The van der Waals surface area contributed by atoms with Crippen LogP contribution in [-0.4, -0.2) is 36.2 Å². The normalized spacial score (nSPS) is 20.4. The van der Waals surface area contributed by atoms with Crippen molar-refractivity contribution < 1.29 is 8.84 Å². The number of nitrogens with one attached hydrogen (secondary N) is 1. The molecular formula is C23H33ClN4O2Si. The summed E-state index contributed by atoms with van der Waals surface area (Å²) in [6.45, 7) is 11.6. The summed E-state index contributed by atoms with van der Waals surface area (Å²) in [5.74, 6) is 0.679. The van der Waals surface area contributed by atoms with Crippen LogP contribution in [0.15, 0.2) is 29.1 Å². The van der Waals surface area contributed by atoms with E-state index in [2.05, 4.69) is 60.1 Å². The Labute approximate surface area is 190 Å². The van der Waals surface area contributed by atoms with Crippen LogP contribution in [0.25, 0.3) is 22.1 Å². The Morgan fingerprint density at radius 1 is 1.19 bits per heavy atom. The number of furan rings is 1. The molecule has 3 aromatic rings. The maximum absolute atomic E-state index is 6.65. The molecule has 168 valence electrons. The van der Waals surface area contributed by atoms with E-state index in [-0.39, 0.29) is 5.04 Å². The number of hydrogen-bond acceptors (Lipinski definition) is 5. The number of hydrogen-bond donors (Lipinski definition) is 1. The van der Waals surface area contributed by atoms with Crippen molar-refractivity contribution in [2.45, 2.75) is 76.7 Å². The first-order valence-electron chi connectivity index (χ1n) is 11.1. The van der Waals surface area contributed by atoms with E-state index in [4.69, 9.17) is 20.4 Å². The summed E-state index contributed by atoms with van der Waals surface area (Å²) >= 11 is 6.13. The lowest BCUT2D eigenvalue weighted by Gasteiger charge is -2.41. The first kappa shape index (κ1) is 22.4. The molecule has 0 bridgehead atoms. The molecule has 1 N–H and O–H groups in total. The molecule has 1 aliphatic carbocycles. The van der Waals surface area contributed by atoms with Gasteiger partial charge in [0, 0.05) is 48.1 Å². The van der Waals surface area contributed by atoms with Gasteiger partial charge >= 0.3 is 0 Å². The van der Waals surface area contributed by atoms with Crippen molar-refractivity contribution in [2.24, 2.45) is 0 Å². The third-order valence-electron chi connectivity index (χ3n) is 6.96. The fourth-order valence-electron chi connectivity index (χ4n) is 4.10. The van der Waals surface area contributed by atoms with E-state index in [0.29, 0.717) is 28.8 Å². The molecule has 1 aliphatic rings. The summed E-state index contributed by atoms with van der Waals surface area (Å²) in [6, 6.07) is 2.25. The van der Waals surface area contributed by atoms with E-state index in [9.17, 15) is 0 Å². The zero-order chi connectivity index (χ0) is 22.4. The number of anilines is 1. The Hall–Kier alpha value is -1.83. The van der Waals surface area contributed by atoms with Crippen molar-refractivity contribution in [3.05, 3.63) is 29.9 Å². The molecule has 8 heteroatoms. The standard InChI is InChI=1S/C23H33ClN4O2Si/c1-23(2,3)31(5,6)30-17-9-7-16(8-10-17)28-14-15(12-27-28)19-13-26-22(25-4)21-18(19)11-20(24)29-21/h11-14,16-17H,7-10H2,1-6H3,(H,25,26). The number of halogens is 1. The zero-order valence-corrected chi connectivity index (χ0v) is 21.1. The van der Waals surface area contributed by atoms with Gasteiger partial charge in [-0.1, -0.05) is 20.8 Å². The largest absolute Gasteiger partial charge is 0.441 e. The minimum absolute atomic E-state index is 0.249. The summed E-state index contributed by atoms with van der Waals surface area (Å²) in [5.41, 5.74) is 2.67. The molecule has 0 amide bonds. The Morgan fingerprint density at radius 2 is 1.90 bits per heavy atom. The second kappa shape index (κ2) is 8.26. The molecule has 0 atom stereocenters. The molecule has 4 rings (SSSR count). The smallest absolute Gasteiger partial charge is 0.194 e. The van der Waals surface area contributed by atoms with E-state index in [0.717, 1.165) is 42.2 Å². The number of nitrogens with zero attached hydrogens (tertiary/aromatic N) is 3. The molecule has 3 heterocycles. The van der Waals surface area contributed by atoms with Crippen LogP contribution in [0, 0.1) is 0 Å². The van der Waals surface area contributed by atoms with Crippen LogP contribution in [0.3, 0.4) is 0 Å². The van der Waals surface area contributed by atoms with E-state index in [1.54, 1.807) is 0 Å². The van der Waals surface area contributed by atoms with Gasteiger partial charge in [0.15, 0.2) is 24.9 Å². The van der Waals surface area contributed by atoms with Gasteiger partial charge in [-0.2, -0.15) is 5.10 Å². The number of aromatic nitrogens is 3. The molecule has 1 saturated carbocycles. The van der Waals surface area contributed by atoms with E-state index >= 15 is 0 Å². The van der Waals surface area contributed by atoms with Crippen LogP contribution >= 0.6 is 11.6 Å². The van der Waals surface area contributed by atoms with Gasteiger partial charge < -0.3 is 14.2 Å². The second-order valence-corrected chi connectivity index (χ2v) is 15.2. The first-order valence-corrected chi connectivity index (χ1v) is 14.4. The zero-order valence-electron chi connectivity index (χ0n) is 19.3. The van der Waals surface area contributed by atoms with Gasteiger partial charge in [0.25, 0.3) is 0 Å². The molecule has 0 spiro atoms. The third-order valence-corrected chi connectivity index (χ3v) is 11.7. The minimum atomic E-state index is -1.72. The topological polar surface area (TPSA) is 65.1 Å². The van der Waals surface area contributed by atoms with Crippen LogP contribution in [0.1, 0.15) is 52.5 Å². The van der Waals surface area contributed by atoms with Crippen molar-refractivity contribution in [3.8, 4) is 11.1 Å². The monoisotopic (exact) mass is 460 g/mol. The number of fused-ring (bicyclic) bond motifs is 1. The van der Waals surface area contributed by atoms with Crippen LogP contribution in [0.4, 0.5) is 5.82 Å². The summed E-state index contributed by atoms with van der Waals surface area (Å²) < 4.78 is 14.4. The van der Waals surface area contributed by atoms with Crippen molar-refractivity contribution in [1.29, 1.82) is 0 Å². The van der Waals surface area contributed by atoms with Crippen LogP contribution in [0.2, 0.25) is 23.4 Å². The maximum atomic E-state index is 6.65. The highest BCUT2D eigenvalue weighted by Crippen LogP contribution is 2.41. The molecular weight excluding hydrogens is 428 g/mol. The van der Waals surface area contributed by atoms with Crippen molar-refractivity contribution >= 4 is 36.7 Å². The fraction of sp³-hybridized carbons (Fsp3) is 0.565. The Balaban J connectivity index is 1.48. The number of rotatable bonds is 5. The van der Waals surface area contributed by atoms with Crippen molar-refractivity contribution in [3.63, 3.8) is 0 Å². The average molecular weight is 461 g/mol. The molecule has 6 nitrogen and oxygen atoms in total. The average Bonchev–Trinajstić information content (AvgIpc) is 3.33. The lowest BCUT2D eigenvalue weighted by molar-refractivity contribution is 0.115. The van der Waals surface area contributed by atoms with Gasteiger partial charge in [-0.15, -0.1) is 0 Å². The van der Waals surface area contributed by atoms with Crippen LogP contribution in [-0.2, 0) is 4.43 Å². The molecule has 1 fully saturated rings. The van der Waals surface area contributed by atoms with Gasteiger partial charge in [-0.25, -0.2) is 4.98 Å². The number of pyridine rings is 1. The molecule has 0 radical (unpaired) electrons. The first-order chi connectivity index (χ1) is 14.6. The SMILES string of the molecule is CNc1ncc(-c2cnn(C3CCC(O[Si](C)(C)C(C)(C)C)CC3)c2)c2cc(Cl)oc12. The van der Waals surface area contributed by atoms with Gasteiger partial charge in [0.05, 0.1) is 12.2 Å². The molecule has 3 aromatic heterocycles. The quantitative estimate of drug-likeness (QED) is 0.420. The molecule has 0 saturated heterocycles. The molecule has 0 aromatic carbocycles. The lowest BCUT2D eigenvalue weighted by atomic mass is 9.93. The van der Waals surface area contributed by atoms with Crippen LogP contribution < -0.4 is 5.32 Å². The summed E-state index contributed by atoms with van der Waals surface area (Å²) in [5, 5.41) is 9.29. The van der Waals surface area contributed by atoms with E-state index in [1.165, 1.54) is 0 Å². The third kappa shape index (κ3) is 4.41. The second-order valence-electron chi connectivity index (χ2n) is 10.1.